The summed E-state index contributed by atoms with van der Waals surface area (Å²) in [7, 11) is 0. The number of amides is 1. The number of aryl methyl sites for hydroxylation is 1. The van der Waals surface area contributed by atoms with Gasteiger partial charge in [0.25, 0.3) is 5.56 Å². The lowest BCUT2D eigenvalue weighted by atomic mass is 10.2. The van der Waals surface area contributed by atoms with E-state index in [9.17, 15) is 9.59 Å². The quantitative estimate of drug-likeness (QED) is 0.280. The van der Waals surface area contributed by atoms with Gasteiger partial charge in [0.1, 0.15) is 0 Å². The standard InChI is InChI=1S/C23H26ClN3O3S/c1-15(2)30-12-6-11-27-22(29)18-7-4-5-8-20(18)26-23(27)31-14-21(28)25-17-10-9-16(3)19(24)13-17/h4-5,7-10,13,15H,6,11-12,14H2,1-3H3,(H,25,28). The number of hydrogen-bond acceptors (Lipinski definition) is 5. The van der Waals surface area contributed by atoms with Crippen LogP contribution in [-0.4, -0.2) is 33.9 Å². The Balaban J connectivity index is 1.75. The molecule has 1 heterocycles. The van der Waals surface area contributed by atoms with Gasteiger partial charge in [0.05, 0.1) is 22.8 Å². The first kappa shape index (κ1) is 23.3. The monoisotopic (exact) mass is 459 g/mol. The van der Waals surface area contributed by atoms with Crippen LogP contribution in [0, 0.1) is 6.92 Å². The van der Waals surface area contributed by atoms with Crippen molar-refractivity contribution >= 4 is 45.9 Å². The number of halogens is 1. The van der Waals surface area contributed by atoms with E-state index in [1.807, 2.05) is 45.0 Å². The summed E-state index contributed by atoms with van der Waals surface area (Å²) in [6.07, 6.45) is 0.818. The Morgan fingerprint density at radius 2 is 2.03 bits per heavy atom. The van der Waals surface area contributed by atoms with Crippen molar-refractivity contribution in [1.82, 2.24) is 9.55 Å². The third-order valence-corrected chi connectivity index (χ3v) is 5.98. The van der Waals surface area contributed by atoms with Gasteiger partial charge in [-0.15, -0.1) is 0 Å². The molecule has 6 nitrogen and oxygen atoms in total. The number of nitrogens with zero attached hydrogens (tertiary/aromatic N) is 2. The first-order valence-corrected chi connectivity index (χ1v) is 11.5. The minimum absolute atomic E-state index is 0.108. The molecule has 8 heteroatoms. The lowest BCUT2D eigenvalue weighted by Gasteiger charge is -2.14. The molecule has 1 aromatic heterocycles. The molecule has 3 rings (SSSR count). The molecule has 1 N–H and O–H groups in total. The Hall–Kier alpha value is -2.35. The number of fused-ring (bicyclic) bond motifs is 1. The Labute approximate surface area is 191 Å². The number of nitrogens with one attached hydrogen (secondary N) is 1. The van der Waals surface area contributed by atoms with E-state index in [0.717, 1.165) is 5.56 Å². The van der Waals surface area contributed by atoms with Crippen molar-refractivity contribution in [2.24, 2.45) is 0 Å². The molecule has 164 valence electrons. The summed E-state index contributed by atoms with van der Waals surface area (Å²) in [6.45, 7) is 6.88. The number of thioether (sulfide) groups is 1. The van der Waals surface area contributed by atoms with Crippen molar-refractivity contribution < 1.29 is 9.53 Å². The van der Waals surface area contributed by atoms with Crippen molar-refractivity contribution in [3.8, 4) is 0 Å². The Morgan fingerprint density at radius 1 is 1.26 bits per heavy atom. The van der Waals surface area contributed by atoms with E-state index in [2.05, 4.69) is 10.3 Å². The molecule has 1 amide bonds. The van der Waals surface area contributed by atoms with Crippen LogP contribution >= 0.6 is 23.4 Å². The number of aromatic nitrogens is 2. The molecule has 0 saturated carbocycles. The van der Waals surface area contributed by atoms with Gasteiger partial charge >= 0.3 is 0 Å². The van der Waals surface area contributed by atoms with Gasteiger partial charge in [0.2, 0.25) is 5.91 Å². The molecule has 0 fully saturated rings. The van der Waals surface area contributed by atoms with E-state index in [0.29, 0.717) is 46.3 Å². The SMILES string of the molecule is Cc1ccc(NC(=O)CSc2nc3ccccc3c(=O)n2CCCOC(C)C)cc1Cl. The maximum Gasteiger partial charge on any atom is 0.262 e. The molecule has 0 saturated heterocycles. The van der Waals surface area contributed by atoms with Crippen LogP contribution in [0.1, 0.15) is 25.8 Å². The van der Waals surface area contributed by atoms with Gasteiger partial charge in [-0.05, 0) is 57.0 Å². The summed E-state index contributed by atoms with van der Waals surface area (Å²) in [5.41, 5.74) is 2.09. The number of benzene rings is 2. The lowest BCUT2D eigenvalue weighted by Crippen LogP contribution is -2.25. The highest BCUT2D eigenvalue weighted by molar-refractivity contribution is 7.99. The van der Waals surface area contributed by atoms with E-state index in [1.165, 1.54) is 11.8 Å². The summed E-state index contributed by atoms with van der Waals surface area (Å²) in [6, 6.07) is 12.6. The molecular formula is C23H26ClN3O3S. The van der Waals surface area contributed by atoms with E-state index in [4.69, 9.17) is 16.3 Å². The van der Waals surface area contributed by atoms with E-state index < -0.39 is 0 Å². The van der Waals surface area contributed by atoms with E-state index >= 15 is 0 Å². The number of para-hydroxylation sites is 1. The minimum atomic E-state index is -0.193. The number of hydrogen-bond donors (Lipinski definition) is 1. The number of carbonyl (C=O) groups is 1. The molecule has 0 aliphatic heterocycles. The maximum absolute atomic E-state index is 13.0. The Bertz CT molecular complexity index is 1130. The fourth-order valence-electron chi connectivity index (χ4n) is 2.99. The molecular weight excluding hydrogens is 434 g/mol. The Kier molecular flexibility index (Phi) is 8.12. The van der Waals surface area contributed by atoms with Gasteiger partial charge < -0.3 is 10.1 Å². The molecule has 31 heavy (non-hydrogen) atoms. The zero-order chi connectivity index (χ0) is 22.4. The average molecular weight is 460 g/mol. The normalized spacial score (nSPS) is 11.3. The second kappa shape index (κ2) is 10.8. The molecule has 3 aromatic rings. The van der Waals surface area contributed by atoms with Gasteiger partial charge in [-0.3, -0.25) is 14.2 Å². The molecule has 2 aromatic carbocycles. The van der Waals surface area contributed by atoms with Gasteiger partial charge in [-0.2, -0.15) is 0 Å². The third-order valence-electron chi connectivity index (χ3n) is 4.59. The highest BCUT2D eigenvalue weighted by Crippen LogP contribution is 2.22. The number of ether oxygens (including phenoxy) is 1. The molecule has 0 aliphatic rings. The molecule has 0 aliphatic carbocycles. The van der Waals surface area contributed by atoms with Crippen molar-refractivity contribution in [3.63, 3.8) is 0 Å². The Morgan fingerprint density at radius 3 is 2.77 bits per heavy atom. The summed E-state index contributed by atoms with van der Waals surface area (Å²) in [5, 5.41) is 4.52. The smallest absolute Gasteiger partial charge is 0.262 e. The first-order chi connectivity index (χ1) is 14.8. The zero-order valence-electron chi connectivity index (χ0n) is 17.9. The second-order valence-corrected chi connectivity index (χ2v) is 8.79. The van der Waals surface area contributed by atoms with Crippen molar-refractivity contribution in [2.45, 2.75) is 45.0 Å². The van der Waals surface area contributed by atoms with Crippen LogP contribution in [0.3, 0.4) is 0 Å². The fraction of sp³-hybridized carbons (Fsp3) is 0.348. The number of anilines is 1. The fourth-order valence-corrected chi connectivity index (χ4v) is 4.00. The van der Waals surface area contributed by atoms with Crippen LogP contribution in [-0.2, 0) is 16.1 Å². The summed E-state index contributed by atoms with van der Waals surface area (Å²) in [4.78, 5) is 30.1. The van der Waals surface area contributed by atoms with Crippen molar-refractivity contribution in [1.29, 1.82) is 0 Å². The van der Waals surface area contributed by atoms with Crippen LogP contribution in [0.25, 0.3) is 10.9 Å². The first-order valence-electron chi connectivity index (χ1n) is 10.1. The molecule has 0 unspecified atom stereocenters. The molecule has 0 spiro atoms. The highest BCUT2D eigenvalue weighted by Gasteiger charge is 2.14. The van der Waals surface area contributed by atoms with E-state index in [-0.39, 0.29) is 23.3 Å². The lowest BCUT2D eigenvalue weighted by molar-refractivity contribution is -0.113. The predicted octanol–water partition coefficient (Wildman–Crippen LogP) is 4.90. The summed E-state index contributed by atoms with van der Waals surface area (Å²) < 4.78 is 7.23. The average Bonchev–Trinajstić information content (AvgIpc) is 2.73. The minimum Gasteiger partial charge on any atom is -0.379 e. The summed E-state index contributed by atoms with van der Waals surface area (Å²) in [5.74, 6) is -0.0688. The van der Waals surface area contributed by atoms with Gasteiger partial charge in [0, 0.05) is 23.9 Å². The van der Waals surface area contributed by atoms with Gasteiger partial charge in [0.15, 0.2) is 5.16 Å². The highest BCUT2D eigenvalue weighted by atomic mass is 35.5. The van der Waals surface area contributed by atoms with Crippen molar-refractivity contribution in [3.05, 3.63) is 63.4 Å². The molecule has 0 radical (unpaired) electrons. The van der Waals surface area contributed by atoms with Crippen molar-refractivity contribution in [2.75, 3.05) is 17.7 Å². The molecule has 0 atom stereocenters. The third kappa shape index (κ3) is 6.32. The second-order valence-electron chi connectivity index (χ2n) is 7.44. The topological polar surface area (TPSA) is 73.2 Å². The zero-order valence-corrected chi connectivity index (χ0v) is 19.4. The van der Waals surface area contributed by atoms with Gasteiger partial charge in [-0.1, -0.05) is 41.6 Å². The van der Waals surface area contributed by atoms with Crippen LogP contribution in [0.2, 0.25) is 5.02 Å². The van der Waals surface area contributed by atoms with Crippen LogP contribution in [0.5, 0.6) is 0 Å². The van der Waals surface area contributed by atoms with Gasteiger partial charge in [-0.25, -0.2) is 4.98 Å². The van der Waals surface area contributed by atoms with E-state index in [1.54, 1.807) is 22.8 Å². The van der Waals surface area contributed by atoms with Crippen LogP contribution in [0.4, 0.5) is 5.69 Å². The molecule has 0 bridgehead atoms. The number of carbonyl (C=O) groups excluding carboxylic acids is 1. The van der Waals surface area contributed by atoms with Crippen LogP contribution < -0.4 is 10.9 Å². The predicted molar refractivity (Wildman–Crippen MR) is 127 cm³/mol. The largest absolute Gasteiger partial charge is 0.379 e. The van der Waals surface area contributed by atoms with Crippen LogP contribution in [0.15, 0.2) is 52.4 Å². The number of rotatable bonds is 9. The maximum atomic E-state index is 13.0. The summed E-state index contributed by atoms with van der Waals surface area (Å²) >= 11 is 7.37.